The number of hydrogen-bond acceptors (Lipinski definition) is 8. The number of rotatable bonds is 2. The molecule has 2 aromatic rings. The molecule has 0 radical (unpaired) electrons. The molecule has 1 saturated heterocycles. The minimum absolute atomic E-state index is 0. The van der Waals surface area contributed by atoms with E-state index < -0.39 is 13.8 Å². The molecule has 12 heteroatoms. The second-order valence-corrected chi connectivity index (χ2v) is 5.96. The third-order valence-electron chi connectivity index (χ3n) is 3.09. The molecule has 1 aliphatic heterocycles. The molecule has 0 saturated carbocycles. The largest absolute Gasteiger partial charge is 1.00 e. The van der Waals surface area contributed by atoms with Crippen LogP contribution in [0.4, 0.5) is 5.82 Å². The standard InChI is InChI=1S/C9H12N5O4P.2Na/c10-8-7-9(12-3-11-8)14(4-13-7)5-1-6(18-2-5)19(15,16)17;;/h3-6H,1-2H2,(H2,10,11,12)(H2,15,16,17);;/q;2*+1/p-2/t5-,6+;;/m1../s1. The van der Waals surface area contributed by atoms with Gasteiger partial charge in [0.2, 0.25) is 0 Å². The maximum atomic E-state index is 10.9. The maximum absolute atomic E-state index is 10.9. The van der Waals surface area contributed by atoms with Crippen molar-refractivity contribution in [1.29, 1.82) is 0 Å². The Hall–Kier alpha value is 0.620. The molecule has 0 amide bonds. The van der Waals surface area contributed by atoms with E-state index >= 15 is 0 Å². The van der Waals surface area contributed by atoms with Gasteiger partial charge in [-0.2, -0.15) is 0 Å². The Morgan fingerprint density at radius 3 is 2.57 bits per heavy atom. The molecule has 3 heterocycles. The molecule has 21 heavy (non-hydrogen) atoms. The SMILES string of the molecule is Nc1ncnc2c1ncn2[C@H]1CO[C@@H]([P+]([O-])([O-])[O-])C1.[Na+].[Na+]. The maximum Gasteiger partial charge on any atom is 1.00 e. The van der Waals surface area contributed by atoms with Crippen LogP contribution >= 0.6 is 7.94 Å². The Kier molecular flexibility index (Phi) is 6.99. The average molecular weight is 329 g/mol. The predicted molar refractivity (Wildman–Crippen MR) is 60.0 cm³/mol. The number of imidazole rings is 1. The van der Waals surface area contributed by atoms with Gasteiger partial charge in [0.25, 0.3) is 0 Å². The number of ether oxygens (including phenoxy) is 1. The van der Waals surface area contributed by atoms with Crippen molar-refractivity contribution in [3.8, 4) is 0 Å². The van der Waals surface area contributed by atoms with E-state index in [1.54, 1.807) is 4.57 Å². The van der Waals surface area contributed by atoms with E-state index in [1.165, 1.54) is 12.7 Å². The Labute approximate surface area is 165 Å². The zero-order chi connectivity index (χ0) is 13.6. The van der Waals surface area contributed by atoms with Gasteiger partial charge < -0.3 is 29.7 Å². The molecule has 2 aromatic heterocycles. The van der Waals surface area contributed by atoms with E-state index in [0.29, 0.717) is 11.2 Å². The van der Waals surface area contributed by atoms with Crippen LogP contribution in [0.25, 0.3) is 11.2 Å². The third-order valence-corrected chi connectivity index (χ3v) is 4.15. The van der Waals surface area contributed by atoms with Crippen LogP contribution in [0.3, 0.4) is 0 Å². The van der Waals surface area contributed by atoms with Crippen LogP contribution in [0, 0.1) is 0 Å². The van der Waals surface area contributed by atoms with Crippen LogP contribution in [0.15, 0.2) is 12.7 Å². The van der Waals surface area contributed by atoms with Crippen LogP contribution < -0.4 is 79.5 Å². The number of nitrogens with two attached hydrogens (primary N) is 1. The van der Waals surface area contributed by atoms with Crippen LogP contribution in [-0.2, 0) is 4.74 Å². The molecular weight excluding hydrogens is 319 g/mol. The normalized spacial score (nSPS) is 21.9. The molecule has 9 nitrogen and oxygen atoms in total. The Morgan fingerprint density at radius 2 is 1.95 bits per heavy atom. The second-order valence-electron chi connectivity index (χ2n) is 4.30. The Balaban J connectivity index is 0.00000110. The second kappa shape index (κ2) is 7.46. The van der Waals surface area contributed by atoms with E-state index in [2.05, 4.69) is 15.0 Å². The summed E-state index contributed by atoms with van der Waals surface area (Å²) in [7, 11) is -4.74. The molecule has 2 N–H and O–H groups in total. The molecule has 0 spiro atoms. The van der Waals surface area contributed by atoms with Crippen molar-refractivity contribution in [2.45, 2.75) is 18.3 Å². The van der Waals surface area contributed by atoms with Gasteiger partial charge in [-0.15, -0.1) is 7.94 Å². The van der Waals surface area contributed by atoms with Gasteiger partial charge in [-0.05, 0) is 0 Å². The molecule has 3 rings (SSSR count). The van der Waals surface area contributed by atoms with Crippen LogP contribution in [0.5, 0.6) is 0 Å². The number of hydrogen-bond donors (Lipinski definition) is 1. The fourth-order valence-electron chi connectivity index (χ4n) is 2.14. The number of anilines is 1. The predicted octanol–water partition coefficient (Wildman–Crippen LogP) is -8.45. The molecule has 102 valence electrons. The molecule has 0 bridgehead atoms. The van der Waals surface area contributed by atoms with E-state index in [-0.39, 0.29) is 84.0 Å². The van der Waals surface area contributed by atoms with E-state index in [4.69, 9.17) is 10.5 Å². The van der Waals surface area contributed by atoms with Gasteiger partial charge in [0.15, 0.2) is 17.3 Å². The number of aromatic nitrogens is 4. The first-order chi connectivity index (χ1) is 8.97. The number of nitrogen functional groups attached to an aromatic ring is 1. The van der Waals surface area contributed by atoms with Gasteiger partial charge in [-0.3, -0.25) is 0 Å². The van der Waals surface area contributed by atoms with Gasteiger partial charge in [0.1, 0.15) is 11.8 Å². The van der Waals surface area contributed by atoms with Crippen LogP contribution in [-0.4, -0.2) is 32.0 Å². The average Bonchev–Trinajstić information content (AvgIpc) is 2.93. The van der Waals surface area contributed by atoms with Crippen molar-refractivity contribution in [3.63, 3.8) is 0 Å². The molecule has 0 unspecified atom stereocenters. The van der Waals surface area contributed by atoms with Crippen molar-refractivity contribution in [3.05, 3.63) is 12.7 Å². The van der Waals surface area contributed by atoms with Crippen LogP contribution in [0.2, 0.25) is 0 Å². The van der Waals surface area contributed by atoms with Crippen molar-refractivity contribution in [1.82, 2.24) is 19.5 Å². The summed E-state index contributed by atoms with van der Waals surface area (Å²) in [6.07, 6.45) is 2.88. The van der Waals surface area contributed by atoms with Crippen molar-refractivity contribution < 1.29 is 78.5 Å². The number of fused-ring (bicyclic) bond motifs is 1. The topological polar surface area (TPSA) is 148 Å². The quantitative estimate of drug-likeness (QED) is 0.422. The summed E-state index contributed by atoms with van der Waals surface area (Å²) < 4.78 is 6.68. The summed E-state index contributed by atoms with van der Waals surface area (Å²) in [5.74, 6) is -1.05. The molecular formula is C9H10N5Na2O4P. The first-order valence-electron chi connectivity index (χ1n) is 5.53. The third kappa shape index (κ3) is 3.94. The molecule has 0 aliphatic carbocycles. The van der Waals surface area contributed by atoms with E-state index in [1.807, 2.05) is 0 Å². The van der Waals surface area contributed by atoms with Crippen molar-refractivity contribution >= 4 is 24.9 Å². The number of nitrogens with zero attached hydrogens (tertiary/aromatic N) is 4. The van der Waals surface area contributed by atoms with Crippen molar-refractivity contribution in [2.24, 2.45) is 0 Å². The summed E-state index contributed by atoms with van der Waals surface area (Å²) in [5.41, 5.74) is 6.60. The van der Waals surface area contributed by atoms with Gasteiger partial charge >= 0.3 is 59.1 Å². The smallest absolute Gasteiger partial charge is 0.686 e. The first kappa shape index (κ1) is 19.7. The summed E-state index contributed by atoms with van der Waals surface area (Å²) >= 11 is 0. The van der Waals surface area contributed by atoms with E-state index in [0.717, 1.165) is 0 Å². The molecule has 1 aliphatic rings. The summed E-state index contributed by atoms with van der Waals surface area (Å²) in [6.45, 7) is 0.120. The van der Waals surface area contributed by atoms with Gasteiger partial charge in [-0.25, -0.2) is 15.0 Å². The Morgan fingerprint density at radius 1 is 1.24 bits per heavy atom. The fourth-order valence-corrected chi connectivity index (χ4v) is 2.91. The van der Waals surface area contributed by atoms with Gasteiger partial charge in [0.05, 0.1) is 19.0 Å². The van der Waals surface area contributed by atoms with Gasteiger partial charge in [-0.1, -0.05) is 0 Å². The van der Waals surface area contributed by atoms with Gasteiger partial charge in [0, 0.05) is 6.42 Å². The molecule has 1 fully saturated rings. The summed E-state index contributed by atoms with van der Waals surface area (Å²) in [5, 5.41) is 0. The first-order valence-corrected chi connectivity index (χ1v) is 7.14. The van der Waals surface area contributed by atoms with Crippen LogP contribution in [0.1, 0.15) is 12.5 Å². The zero-order valence-electron chi connectivity index (χ0n) is 11.7. The van der Waals surface area contributed by atoms with Crippen molar-refractivity contribution in [2.75, 3.05) is 12.3 Å². The summed E-state index contributed by atoms with van der Waals surface area (Å²) in [6, 6.07) is -0.305. The summed E-state index contributed by atoms with van der Waals surface area (Å²) in [4.78, 5) is 44.8. The Bertz CT molecular complexity index is 622. The fraction of sp³-hybridized carbons (Fsp3) is 0.444. The minimum Gasteiger partial charge on any atom is -0.686 e. The molecule has 2 atom stereocenters. The zero-order valence-corrected chi connectivity index (χ0v) is 16.6. The molecule has 0 aromatic carbocycles. The monoisotopic (exact) mass is 329 g/mol. The van der Waals surface area contributed by atoms with E-state index in [9.17, 15) is 14.7 Å². The minimum atomic E-state index is -4.74.